The summed E-state index contributed by atoms with van der Waals surface area (Å²) in [5.74, 6) is -1.02. The van der Waals surface area contributed by atoms with Crippen molar-refractivity contribution in [3.63, 3.8) is 0 Å². The van der Waals surface area contributed by atoms with Gasteiger partial charge in [0.2, 0.25) is 0 Å². The number of carboxylic acid groups (broad SMARTS) is 1. The van der Waals surface area contributed by atoms with Gasteiger partial charge in [-0.1, -0.05) is 39.3 Å². The Labute approximate surface area is 121 Å². The van der Waals surface area contributed by atoms with Gasteiger partial charge in [-0.15, -0.1) is 0 Å². The van der Waals surface area contributed by atoms with Crippen LogP contribution in [0.25, 0.3) is 0 Å². The lowest BCUT2D eigenvalue weighted by molar-refractivity contribution is 0.0696. The summed E-state index contributed by atoms with van der Waals surface area (Å²) in [7, 11) is 0. The summed E-state index contributed by atoms with van der Waals surface area (Å²) >= 11 is 10.5. The van der Waals surface area contributed by atoms with Crippen molar-refractivity contribution in [1.29, 1.82) is 0 Å². The Morgan fingerprint density at radius 1 is 1.28 bits per heavy atom. The van der Waals surface area contributed by atoms with Crippen LogP contribution in [0.2, 0.25) is 5.15 Å². The normalized spacial score (nSPS) is 10.3. The topological polar surface area (TPSA) is 50.2 Å². The minimum atomic E-state index is -1.02. The van der Waals surface area contributed by atoms with E-state index in [4.69, 9.17) is 16.7 Å². The Bertz CT molecular complexity index is 589. The molecule has 1 N–H and O–H groups in total. The average Bonchev–Trinajstić information content (AvgIpc) is 2.31. The van der Waals surface area contributed by atoms with Gasteiger partial charge in [-0.25, -0.2) is 9.78 Å². The van der Waals surface area contributed by atoms with Crippen LogP contribution in [0.15, 0.2) is 50.8 Å². The molecule has 0 bridgehead atoms. The number of nitrogens with zero attached hydrogens (tertiary/aromatic N) is 1. The van der Waals surface area contributed by atoms with Gasteiger partial charge in [0.05, 0.1) is 5.56 Å². The van der Waals surface area contributed by atoms with Gasteiger partial charge >= 0.3 is 5.97 Å². The Kier molecular flexibility index (Phi) is 4.27. The number of hydrogen-bond donors (Lipinski definition) is 1. The van der Waals surface area contributed by atoms with Crippen LogP contribution in [0.3, 0.4) is 0 Å². The zero-order valence-corrected chi connectivity index (χ0v) is 12.1. The highest BCUT2D eigenvalue weighted by molar-refractivity contribution is 9.10. The zero-order chi connectivity index (χ0) is 13.1. The van der Waals surface area contributed by atoms with E-state index in [9.17, 15) is 4.79 Å². The minimum Gasteiger partial charge on any atom is -0.478 e. The molecule has 6 heteroatoms. The molecule has 0 fully saturated rings. The number of halogens is 2. The third-order valence-electron chi connectivity index (χ3n) is 2.05. The summed E-state index contributed by atoms with van der Waals surface area (Å²) in [5.41, 5.74) is 0.134. The van der Waals surface area contributed by atoms with Crippen molar-refractivity contribution in [2.45, 2.75) is 9.92 Å². The molecule has 0 atom stereocenters. The molecular formula is C12H7BrClNO2S. The van der Waals surface area contributed by atoms with Crippen molar-refractivity contribution in [1.82, 2.24) is 4.98 Å². The zero-order valence-electron chi connectivity index (χ0n) is 8.93. The Hall–Kier alpha value is -1.04. The quantitative estimate of drug-likeness (QED) is 0.841. The molecule has 0 radical (unpaired) electrons. The highest BCUT2D eigenvalue weighted by Gasteiger charge is 2.08. The number of carbonyl (C=O) groups is 1. The number of aromatic carboxylic acids is 1. The molecule has 0 amide bonds. The lowest BCUT2D eigenvalue weighted by Crippen LogP contribution is -1.97. The molecule has 0 unspecified atom stereocenters. The third-order valence-corrected chi connectivity index (χ3v) is 3.70. The molecule has 0 aliphatic carbocycles. The number of hydrogen-bond acceptors (Lipinski definition) is 3. The summed E-state index contributed by atoms with van der Waals surface area (Å²) in [4.78, 5) is 16.0. The third kappa shape index (κ3) is 3.48. The molecule has 2 aromatic rings. The van der Waals surface area contributed by atoms with Crippen molar-refractivity contribution >= 4 is 45.3 Å². The van der Waals surface area contributed by atoms with Gasteiger partial charge in [-0.2, -0.15) is 0 Å². The Morgan fingerprint density at radius 2 is 1.94 bits per heavy atom. The first kappa shape index (κ1) is 13.4. The molecule has 1 heterocycles. The molecule has 0 saturated heterocycles. The van der Waals surface area contributed by atoms with E-state index in [1.165, 1.54) is 23.9 Å². The second kappa shape index (κ2) is 5.73. The van der Waals surface area contributed by atoms with Crippen LogP contribution in [-0.4, -0.2) is 16.1 Å². The summed E-state index contributed by atoms with van der Waals surface area (Å²) in [5, 5.41) is 9.67. The first-order chi connectivity index (χ1) is 8.54. The minimum absolute atomic E-state index is 0.134. The average molecular weight is 345 g/mol. The van der Waals surface area contributed by atoms with Crippen LogP contribution < -0.4 is 0 Å². The monoisotopic (exact) mass is 343 g/mol. The fraction of sp³-hybridized carbons (Fsp3) is 0. The molecule has 0 aliphatic heterocycles. The largest absolute Gasteiger partial charge is 0.478 e. The molecule has 18 heavy (non-hydrogen) atoms. The van der Waals surface area contributed by atoms with E-state index in [1.807, 2.05) is 24.3 Å². The van der Waals surface area contributed by atoms with Crippen LogP contribution in [0.4, 0.5) is 0 Å². The first-order valence-electron chi connectivity index (χ1n) is 4.89. The lowest BCUT2D eigenvalue weighted by Gasteiger charge is -2.03. The number of benzene rings is 1. The molecule has 92 valence electrons. The van der Waals surface area contributed by atoms with E-state index in [0.29, 0.717) is 5.03 Å². The molecule has 2 rings (SSSR count). The molecule has 1 aromatic heterocycles. The number of carboxylic acids is 1. The fourth-order valence-electron chi connectivity index (χ4n) is 1.27. The van der Waals surface area contributed by atoms with Gasteiger partial charge < -0.3 is 5.11 Å². The molecule has 3 nitrogen and oxygen atoms in total. The lowest BCUT2D eigenvalue weighted by atomic mass is 10.3. The van der Waals surface area contributed by atoms with E-state index in [0.717, 1.165) is 9.37 Å². The van der Waals surface area contributed by atoms with Crippen LogP contribution in [0.5, 0.6) is 0 Å². The number of rotatable bonds is 3. The van der Waals surface area contributed by atoms with Crippen LogP contribution >= 0.6 is 39.3 Å². The van der Waals surface area contributed by atoms with Crippen molar-refractivity contribution in [2.75, 3.05) is 0 Å². The van der Waals surface area contributed by atoms with Crippen molar-refractivity contribution in [3.8, 4) is 0 Å². The predicted molar refractivity (Wildman–Crippen MR) is 74.5 cm³/mol. The van der Waals surface area contributed by atoms with E-state index < -0.39 is 5.97 Å². The SMILES string of the molecule is O=C(O)c1cc(Cl)nc(Sc2ccc(Br)cc2)c1. The van der Waals surface area contributed by atoms with E-state index in [2.05, 4.69) is 20.9 Å². The summed E-state index contributed by atoms with van der Waals surface area (Å²) in [6.07, 6.45) is 0. The smallest absolute Gasteiger partial charge is 0.335 e. The van der Waals surface area contributed by atoms with Gasteiger partial charge in [-0.3, -0.25) is 0 Å². The summed E-state index contributed by atoms with van der Waals surface area (Å²) < 4.78 is 0.983. The highest BCUT2D eigenvalue weighted by atomic mass is 79.9. The van der Waals surface area contributed by atoms with E-state index >= 15 is 0 Å². The summed E-state index contributed by atoms with van der Waals surface area (Å²) in [6, 6.07) is 10.5. The molecule has 0 aliphatic rings. The van der Waals surface area contributed by atoms with Crippen molar-refractivity contribution < 1.29 is 9.90 Å². The van der Waals surface area contributed by atoms with Crippen LogP contribution in [-0.2, 0) is 0 Å². The van der Waals surface area contributed by atoms with Gasteiger partial charge in [0.25, 0.3) is 0 Å². The predicted octanol–water partition coefficient (Wildman–Crippen LogP) is 4.35. The molecular weight excluding hydrogens is 338 g/mol. The molecule has 0 spiro atoms. The number of pyridine rings is 1. The molecule has 1 aromatic carbocycles. The highest BCUT2D eigenvalue weighted by Crippen LogP contribution is 2.29. The maximum Gasteiger partial charge on any atom is 0.335 e. The molecule has 0 saturated carbocycles. The van der Waals surface area contributed by atoms with Crippen LogP contribution in [0, 0.1) is 0 Å². The van der Waals surface area contributed by atoms with Gasteiger partial charge in [0, 0.05) is 9.37 Å². The second-order valence-corrected chi connectivity index (χ2v) is 5.77. The maximum atomic E-state index is 10.9. The Morgan fingerprint density at radius 3 is 2.56 bits per heavy atom. The standard InChI is InChI=1S/C12H7BrClNO2S/c13-8-1-3-9(4-2-8)18-11-6-7(12(16)17)5-10(14)15-11/h1-6H,(H,16,17). The van der Waals surface area contributed by atoms with Crippen molar-refractivity contribution in [3.05, 3.63) is 51.6 Å². The van der Waals surface area contributed by atoms with Gasteiger partial charge in [-0.05, 0) is 36.4 Å². The fourth-order valence-corrected chi connectivity index (χ4v) is 2.64. The van der Waals surface area contributed by atoms with Crippen LogP contribution in [0.1, 0.15) is 10.4 Å². The summed E-state index contributed by atoms with van der Waals surface area (Å²) in [6.45, 7) is 0. The van der Waals surface area contributed by atoms with Gasteiger partial charge in [0.1, 0.15) is 10.2 Å². The Balaban J connectivity index is 2.28. The second-order valence-electron chi connectivity index (χ2n) is 3.38. The van der Waals surface area contributed by atoms with Gasteiger partial charge in [0.15, 0.2) is 0 Å². The van der Waals surface area contributed by atoms with E-state index in [1.54, 1.807) is 0 Å². The van der Waals surface area contributed by atoms with Crippen molar-refractivity contribution in [2.24, 2.45) is 0 Å². The maximum absolute atomic E-state index is 10.9. The number of aromatic nitrogens is 1. The van der Waals surface area contributed by atoms with E-state index in [-0.39, 0.29) is 10.7 Å². The first-order valence-corrected chi connectivity index (χ1v) is 6.87.